The molecule has 2 aromatic carbocycles. The molecule has 13 heteroatoms. The van der Waals surface area contributed by atoms with Gasteiger partial charge in [-0.05, 0) is 56.4 Å². The molecule has 2 aromatic rings. The molecule has 6 rings (SSSR count). The molecule has 0 spiro atoms. The lowest BCUT2D eigenvalue weighted by Crippen LogP contribution is -2.67. The fourth-order valence-corrected chi connectivity index (χ4v) is 5.56. The normalized spacial score (nSPS) is 27.4. The Balaban J connectivity index is 1.24. The highest BCUT2D eigenvalue weighted by Crippen LogP contribution is 2.55. The van der Waals surface area contributed by atoms with Gasteiger partial charge in [0.15, 0.2) is 35.8 Å². The first-order valence-corrected chi connectivity index (χ1v) is 11.8. The summed E-state index contributed by atoms with van der Waals surface area (Å²) in [4.78, 5) is 25.0. The molecular formula is C25H24F4N2O7. The minimum Gasteiger partial charge on any atom is -0.484 e. The molecule has 2 unspecified atom stereocenters. The van der Waals surface area contributed by atoms with Crippen LogP contribution in [0.15, 0.2) is 36.4 Å². The number of ether oxygens (including phenoxy) is 4. The number of primary amides is 1. The first kappa shape index (κ1) is 25.9. The molecule has 2 bridgehead atoms. The van der Waals surface area contributed by atoms with Gasteiger partial charge in [0.25, 0.3) is 11.8 Å². The van der Waals surface area contributed by atoms with Gasteiger partial charge in [0, 0.05) is 23.1 Å². The predicted octanol–water partition coefficient (Wildman–Crippen LogP) is 2.78. The summed E-state index contributed by atoms with van der Waals surface area (Å²) in [6.07, 6.45) is -4.77. The Kier molecular flexibility index (Phi) is 6.28. The number of amides is 2. The van der Waals surface area contributed by atoms with Gasteiger partial charge in [0.1, 0.15) is 11.5 Å². The second-order valence-electron chi connectivity index (χ2n) is 9.82. The van der Waals surface area contributed by atoms with E-state index in [1.807, 2.05) is 0 Å². The van der Waals surface area contributed by atoms with Gasteiger partial charge in [-0.1, -0.05) is 0 Å². The van der Waals surface area contributed by atoms with Crippen molar-refractivity contribution in [3.63, 3.8) is 0 Å². The fourth-order valence-electron chi connectivity index (χ4n) is 5.56. The van der Waals surface area contributed by atoms with Gasteiger partial charge in [-0.15, -0.1) is 8.78 Å². The highest BCUT2D eigenvalue weighted by Gasteiger charge is 2.60. The van der Waals surface area contributed by atoms with Gasteiger partial charge in [0.05, 0.1) is 6.10 Å². The van der Waals surface area contributed by atoms with Gasteiger partial charge in [-0.3, -0.25) is 9.59 Å². The van der Waals surface area contributed by atoms with Crippen LogP contribution >= 0.6 is 0 Å². The average molecular weight is 540 g/mol. The van der Waals surface area contributed by atoms with E-state index in [-0.39, 0.29) is 42.3 Å². The third kappa shape index (κ3) is 4.77. The van der Waals surface area contributed by atoms with Crippen LogP contribution < -0.4 is 30.0 Å². The van der Waals surface area contributed by atoms with Crippen LogP contribution in [0.2, 0.25) is 0 Å². The lowest BCUT2D eigenvalue weighted by Gasteiger charge is -2.57. The summed E-state index contributed by atoms with van der Waals surface area (Å²) < 4.78 is 73.0. The van der Waals surface area contributed by atoms with E-state index >= 15 is 0 Å². The van der Waals surface area contributed by atoms with Crippen molar-refractivity contribution in [3.8, 4) is 23.0 Å². The van der Waals surface area contributed by atoms with Gasteiger partial charge < -0.3 is 35.1 Å². The molecule has 4 aliphatic rings. The van der Waals surface area contributed by atoms with Crippen molar-refractivity contribution in [2.45, 2.75) is 56.1 Å². The molecule has 2 amide bonds. The first-order chi connectivity index (χ1) is 17.9. The molecule has 38 heavy (non-hydrogen) atoms. The standard InChI is InChI=1S/C25H24F4N2O7/c26-15-3-1-13(9-16(15)27)35-12-20(33)31-23-5-7-24(8-6-23,19(32)11-23)21(22(30)34)36-14-2-4-17-18(10-14)38-25(28,29)37-17/h1-4,9-10,19,21,32H,5-8,11-12H2,(H2,30,34)(H,31,33). The molecular weight excluding hydrogens is 516 g/mol. The fraction of sp³-hybridized carbons (Fsp3) is 0.440. The van der Waals surface area contributed by atoms with E-state index < -0.39 is 59.5 Å². The number of halogens is 4. The SMILES string of the molecule is NC(=O)C(Oc1ccc2c(c1)OC(F)(F)O2)C12CCC(NC(=O)COc3ccc(F)c(F)c3)(CC1)CC2O. The lowest BCUT2D eigenvalue weighted by molar-refractivity contribution is -0.286. The number of benzene rings is 2. The number of nitrogens with one attached hydrogen (secondary N) is 1. The molecule has 4 N–H and O–H groups in total. The zero-order chi connectivity index (χ0) is 27.3. The van der Waals surface area contributed by atoms with E-state index in [1.54, 1.807) is 0 Å². The number of carbonyl (C=O) groups excluding carboxylic acids is 2. The zero-order valence-electron chi connectivity index (χ0n) is 19.8. The van der Waals surface area contributed by atoms with Crippen molar-refractivity contribution in [1.29, 1.82) is 0 Å². The Morgan fingerprint density at radius 2 is 1.71 bits per heavy atom. The van der Waals surface area contributed by atoms with Crippen molar-refractivity contribution in [1.82, 2.24) is 5.32 Å². The molecule has 0 radical (unpaired) electrons. The Bertz CT molecular complexity index is 1270. The van der Waals surface area contributed by atoms with Crippen molar-refractivity contribution in [2.24, 2.45) is 11.1 Å². The minimum absolute atomic E-state index is 0.0171. The first-order valence-electron chi connectivity index (χ1n) is 11.8. The number of hydrogen-bond acceptors (Lipinski definition) is 7. The molecule has 1 heterocycles. The van der Waals surface area contributed by atoms with Crippen molar-refractivity contribution in [3.05, 3.63) is 48.0 Å². The monoisotopic (exact) mass is 540 g/mol. The van der Waals surface area contributed by atoms with Crippen LogP contribution in [0.1, 0.15) is 32.1 Å². The van der Waals surface area contributed by atoms with E-state index in [1.165, 1.54) is 18.2 Å². The molecule has 3 aliphatic carbocycles. The van der Waals surface area contributed by atoms with Crippen molar-refractivity contribution in [2.75, 3.05) is 6.61 Å². The second-order valence-corrected chi connectivity index (χ2v) is 9.82. The molecule has 1 aliphatic heterocycles. The Morgan fingerprint density at radius 1 is 1.03 bits per heavy atom. The molecule has 9 nitrogen and oxygen atoms in total. The van der Waals surface area contributed by atoms with Gasteiger partial charge in [-0.25, -0.2) is 8.78 Å². The number of nitrogens with two attached hydrogens (primary N) is 1. The molecule has 2 atom stereocenters. The maximum Gasteiger partial charge on any atom is 0.586 e. The molecule has 0 saturated heterocycles. The van der Waals surface area contributed by atoms with Crippen LogP contribution in [0.3, 0.4) is 0 Å². The number of aliphatic hydroxyl groups excluding tert-OH is 1. The summed E-state index contributed by atoms with van der Waals surface area (Å²) in [5.41, 5.74) is 3.81. The Morgan fingerprint density at radius 3 is 2.37 bits per heavy atom. The number of hydrogen-bond donors (Lipinski definition) is 3. The van der Waals surface area contributed by atoms with E-state index in [2.05, 4.69) is 14.8 Å². The predicted molar refractivity (Wildman–Crippen MR) is 121 cm³/mol. The largest absolute Gasteiger partial charge is 0.586 e. The summed E-state index contributed by atoms with van der Waals surface area (Å²) in [6.45, 7) is -0.454. The third-order valence-corrected chi connectivity index (χ3v) is 7.46. The summed E-state index contributed by atoms with van der Waals surface area (Å²) in [5.74, 6) is -3.96. The lowest BCUT2D eigenvalue weighted by atomic mass is 9.53. The summed E-state index contributed by atoms with van der Waals surface area (Å²) in [5, 5.41) is 14.0. The van der Waals surface area contributed by atoms with Crippen LogP contribution in [0.25, 0.3) is 0 Å². The van der Waals surface area contributed by atoms with Crippen LogP contribution in [0.5, 0.6) is 23.0 Å². The summed E-state index contributed by atoms with van der Waals surface area (Å²) in [7, 11) is 0. The number of fused-ring (bicyclic) bond motifs is 4. The topological polar surface area (TPSA) is 129 Å². The smallest absolute Gasteiger partial charge is 0.484 e. The van der Waals surface area contributed by atoms with Crippen LogP contribution in [-0.4, -0.2) is 47.6 Å². The Hall–Kier alpha value is -3.74. The van der Waals surface area contributed by atoms with E-state index in [4.69, 9.17) is 15.2 Å². The maximum atomic E-state index is 13.4. The molecule has 3 saturated carbocycles. The van der Waals surface area contributed by atoms with E-state index in [0.717, 1.165) is 18.2 Å². The number of carbonyl (C=O) groups is 2. The van der Waals surface area contributed by atoms with Crippen LogP contribution in [0, 0.1) is 17.0 Å². The number of alkyl halides is 2. The third-order valence-electron chi connectivity index (χ3n) is 7.46. The van der Waals surface area contributed by atoms with Crippen molar-refractivity contribution < 1.29 is 51.2 Å². The van der Waals surface area contributed by atoms with Crippen LogP contribution in [-0.2, 0) is 9.59 Å². The minimum atomic E-state index is -3.82. The number of rotatable bonds is 8. The molecule has 204 valence electrons. The highest BCUT2D eigenvalue weighted by molar-refractivity contribution is 5.81. The zero-order valence-corrected chi connectivity index (χ0v) is 19.8. The molecule has 0 aromatic heterocycles. The summed E-state index contributed by atoms with van der Waals surface area (Å²) in [6, 6.07) is 6.59. The Labute approximate surface area is 213 Å². The van der Waals surface area contributed by atoms with Gasteiger partial charge in [-0.2, -0.15) is 0 Å². The van der Waals surface area contributed by atoms with E-state index in [9.17, 15) is 32.3 Å². The van der Waals surface area contributed by atoms with Gasteiger partial charge in [0.2, 0.25) is 0 Å². The average Bonchev–Trinajstić information content (AvgIpc) is 3.16. The number of aliphatic hydroxyl groups is 1. The highest BCUT2D eigenvalue weighted by atomic mass is 19.3. The maximum absolute atomic E-state index is 13.4. The quantitative estimate of drug-likeness (QED) is 0.439. The van der Waals surface area contributed by atoms with E-state index in [0.29, 0.717) is 12.8 Å². The van der Waals surface area contributed by atoms with Crippen LogP contribution in [0.4, 0.5) is 17.6 Å². The van der Waals surface area contributed by atoms with Gasteiger partial charge >= 0.3 is 6.29 Å². The second kappa shape index (κ2) is 9.22. The van der Waals surface area contributed by atoms with Crippen molar-refractivity contribution >= 4 is 11.8 Å². The summed E-state index contributed by atoms with van der Waals surface area (Å²) >= 11 is 0. The molecule has 3 fully saturated rings.